The molecule has 5 nitrogen and oxygen atoms in total. The number of hydrogen-bond donors (Lipinski definition) is 1. The Hall–Kier alpha value is -0.810. The largest absolute Gasteiger partial charge is 0.466 e. The number of nitrogens with one attached hydrogen (secondary N) is 1. The average Bonchev–Trinajstić information content (AvgIpc) is 2.48. The molecule has 1 amide bonds. The predicted molar refractivity (Wildman–Crippen MR) is 78.8 cm³/mol. The number of carbonyl (C=O) groups excluding carboxylic acids is 2. The van der Waals surface area contributed by atoms with Crippen molar-refractivity contribution in [2.24, 2.45) is 11.8 Å². The van der Waals surface area contributed by atoms with Gasteiger partial charge in [-0.05, 0) is 39.2 Å². The lowest BCUT2D eigenvalue weighted by atomic mass is 9.94. The van der Waals surface area contributed by atoms with Crippen LogP contribution in [0.4, 0.5) is 0 Å². The Bertz CT molecular complexity index is 332. The lowest BCUT2D eigenvalue weighted by Crippen LogP contribution is -2.48. The van der Waals surface area contributed by atoms with Gasteiger partial charge < -0.3 is 15.0 Å². The Morgan fingerprint density at radius 1 is 1.25 bits per heavy atom. The highest BCUT2D eigenvalue weighted by Gasteiger charge is 2.32. The van der Waals surface area contributed by atoms with Gasteiger partial charge in [-0.3, -0.25) is 9.59 Å². The van der Waals surface area contributed by atoms with Crippen LogP contribution in [0.3, 0.4) is 0 Å². The second-order valence-electron chi connectivity index (χ2n) is 5.42. The van der Waals surface area contributed by atoms with E-state index < -0.39 is 0 Å². The fourth-order valence-corrected chi connectivity index (χ4v) is 2.95. The first-order chi connectivity index (χ1) is 9.22. The zero-order valence-corrected chi connectivity index (χ0v) is 12.9. The number of carbonyl (C=O) groups is 2. The number of amides is 1. The van der Waals surface area contributed by atoms with Crippen LogP contribution in [0.15, 0.2) is 0 Å². The smallest absolute Gasteiger partial charge is 0.310 e. The van der Waals surface area contributed by atoms with E-state index in [0.717, 1.165) is 45.3 Å². The first-order valence-corrected chi connectivity index (χ1v) is 7.38. The molecule has 2 atom stereocenters. The third-order valence-corrected chi connectivity index (χ3v) is 4.00. The van der Waals surface area contributed by atoms with Gasteiger partial charge in [-0.25, -0.2) is 0 Å². The van der Waals surface area contributed by atoms with Crippen LogP contribution >= 0.6 is 12.4 Å². The van der Waals surface area contributed by atoms with Gasteiger partial charge in [0.15, 0.2) is 0 Å². The number of esters is 1. The Morgan fingerprint density at radius 3 is 2.65 bits per heavy atom. The molecule has 0 aromatic heterocycles. The van der Waals surface area contributed by atoms with Gasteiger partial charge in [0.25, 0.3) is 0 Å². The van der Waals surface area contributed by atoms with E-state index in [-0.39, 0.29) is 36.1 Å². The van der Waals surface area contributed by atoms with E-state index in [1.54, 1.807) is 0 Å². The molecule has 2 heterocycles. The van der Waals surface area contributed by atoms with Crippen LogP contribution in [0.2, 0.25) is 0 Å². The van der Waals surface area contributed by atoms with Crippen LogP contribution in [-0.4, -0.2) is 49.6 Å². The number of nitrogens with zero attached hydrogens (tertiary/aromatic N) is 1. The summed E-state index contributed by atoms with van der Waals surface area (Å²) >= 11 is 0. The second kappa shape index (κ2) is 8.47. The normalized spacial score (nSPS) is 26.6. The molecule has 0 aromatic carbocycles. The molecule has 116 valence electrons. The van der Waals surface area contributed by atoms with Crippen molar-refractivity contribution in [1.82, 2.24) is 10.2 Å². The molecule has 0 aromatic rings. The fourth-order valence-electron chi connectivity index (χ4n) is 2.95. The molecule has 0 radical (unpaired) electrons. The molecule has 2 unspecified atom stereocenters. The third kappa shape index (κ3) is 4.35. The lowest BCUT2D eigenvalue weighted by Gasteiger charge is -2.35. The van der Waals surface area contributed by atoms with Crippen molar-refractivity contribution in [1.29, 1.82) is 0 Å². The molecule has 2 aliphatic heterocycles. The minimum absolute atomic E-state index is 0. The van der Waals surface area contributed by atoms with Crippen molar-refractivity contribution in [3.63, 3.8) is 0 Å². The van der Waals surface area contributed by atoms with E-state index in [2.05, 4.69) is 5.32 Å². The molecule has 1 N–H and O–H groups in total. The molecule has 2 fully saturated rings. The maximum absolute atomic E-state index is 12.4. The summed E-state index contributed by atoms with van der Waals surface area (Å²) in [6.45, 7) is 5.33. The van der Waals surface area contributed by atoms with Crippen LogP contribution in [0, 0.1) is 11.8 Å². The summed E-state index contributed by atoms with van der Waals surface area (Å²) < 4.78 is 5.07. The van der Waals surface area contributed by atoms with E-state index in [9.17, 15) is 9.59 Å². The van der Waals surface area contributed by atoms with Crippen LogP contribution in [0.1, 0.15) is 32.6 Å². The van der Waals surface area contributed by atoms with Crippen molar-refractivity contribution >= 4 is 24.3 Å². The highest BCUT2D eigenvalue weighted by atomic mass is 35.5. The van der Waals surface area contributed by atoms with Crippen molar-refractivity contribution in [2.45, 2.75) is 32.6 Å². The van der Waals surface area contributed by atoms with Gasteiger partial charge in [-0.1, -0.05) is 0 Å². The number of ether oxygens (including phenoxy) is 1. The summed E-state index contributed by atoms with van der Waals surface area (Å²) in [6, 6.07) is 0. The molecule has 2 aliphatic rings. The summed E-state index contributed by atoms with van der Waals surface area (Å²) in [5, 5.41) is 3.27. The van der Waals surface area contributed by atoms with Crippen molar-refractivity contribution in [2.75, 3.05) is 32.8 Å². The highest BCUT2D eigenvalue weighted by molar-refractivity contribution is 5.85. The van der Waals surface area contributed by atoms with Crippen LogP contribution in [0.25, 0.3) is 0 Å². The zero-order chi connectivity index (χ0) is 13.7. The first-order valence-electron chi connectivity index (χ1n) is 7.38. The monoisotopic (exact) mass is 304 g/mol. The summed E-state index contributed by atoms with van der Waals surface area (Å²) in [5.41, 5.74) is 0. The molecular formula is C14H25ClN2O3. The van der Waals surface area contributed by atoms with Gasteiger partial charge in [-0.2, -0.15) is 0 Å². The lowest BCUT2D eigenvalue weighted by molar-refractivity contribution is -0.152. The topological polar surface area (TPSA) is 58.6 Å². The second-order valence-corrected chi connectivity index (χ2v) is 5.42. The predicted octanol–water partition coefficient (Wildman–Crippen LogP) is 1.21. The molecule has 2 saturated heterocycles. The maximum Gasteiger partial charge on any atom is 0.310 e. The number of piperidine rings is 2. The highest BCUT2D eigenvalue weighted by Crippen LogP contribution is 2.21. The quantitative estimate of drug-likeness (QED) is 0.796. The Kier molecular flexibility index (Phi) is 7.30. The van der Waals surface area contributed by atoms with Gasteiger partial charge in [0.1, 0.15) is 0 Å². The molecule has 20 heavy (non-hydrogen) atoms. The third-order valence-electron chi connectivity index (χ3n) is 4.00. The summed E-state index contributed by atoms with van der Waals surface area (Å²) in [5.74, 6) is 0.0202. The molecule has 0 aliphatic carbocycles. The first kappa shape index (κ1) is 17.2. The fraction of sp³-hybridized carbons (Fsp3) is 0.857. The van der Waals surface area contributed by atoms with Crippen LogP contribution in [0.5, 0.6) is 0 Å². The number of rotatable bonds is 3. The Labute approximate surface area is 126 Å². The van der Waals surface area contributed by atoms with Gasteiger partial charge >= 0.3 is 5.97 Å². The molecule has 2 rings (SSSR count). The van der Waals surface area contributed by atoms with E-state index in [0.29, 0.717) is 13.2 Å². The van der Waals surface area contributed by atoms with Gasteiger partial charge in [0.05, 0.1) is 18.4 Å². The summed E-state index contributed by atoms with van der Waals surface area (Å²) in [4.78, 5) is 26.0. The minimum atomic E-state index is -0.151. The van der Waals surface area contributed by atoms with E-state index >= 15 is 0 Å². The molecule has 6 heteroatoms. The molecule has 0 saturated carbocycles. The number of likely N-dealkylation sites (tertiary alicyclic amines) is 1. The average molecular weight is 305 g/mol. The van der Waals surface area contributed by atoms with E-state index in [1.807, 2.05) is 11.8 Å². The maximum atomic E-state index is 12.4. The van der Waals surface area contributed by atoms with E-state index in [4.69, 9.17) is 4.74 Å². The van der Waals surface area contributed by atoms with Gasteiger partial charge in [-0.15, -0.1) is 12.4 Å². The van der Waals surface area contributed by atoms with Crippen molar-refractivity contribution in [3.05, 3.63) is 0 Å². The number of halogens is 1. The van der Waals surface area contributed by atoms with Gasteiger partial charge in [0.2, 0.25) is 5.91 Å². The van der Waals surface area contributed by atoms with E-state index in [1.165, 1.54) is 0 Å². The Morgan fingerprint density at radius 2 is 2.00 bits per heavy atom. The van der Waals surface area contributed by atoms with Gasteiger partial charge in [0, 0.05) is 19.6 Å². The van der Waals surface area contributed by atoms with Crippen molar-refractivity contribution < 1.29 is 14.3 Å². The van der Waals surface area contributed by atoms with Crippen LogP contribution < -0.4 is 5.32 Å². The van der Waals surface area contributed by atoms with Crippen LogP contribution in [-0.2, 0) is 14.3 Å². The zero-order valence-electron chi connectivity index (χ0n) is 12.1. The summed E-state index contributed by atoms with van der Waals surface area (Å²) in [6.07, 6.45) is 3.76. The van der Waals surface area contributed by atoms with Crippen molar-refractivity contribution in [3.8, 4) is 0 Å². The number of hydrogen-bond acceptors (Lipinski definition) is 4. The molecule has 0 spiro atoms. The Balaban J connectivity index is 0.00000200. The SMILES string of the molecule is CCOC(=O)C1CCCN(C(=O)C2CCCNC2)C1.Cl. The standard InChI is InChI=1S/C14H24N2O3.ClH/c1-2-19-14(18)12-6-4-8-16(10-12)13(17)11-5-3-7-15-9-11;/h11-12,15H,2-10H2,1H3;1H. The minimum Gasteiger partial charge on any atom is -0.466 e. The summed E-state index contributed by atoms with van der Waals surface area (Å²) in [7, 11) is 0. The molecular weight excluding hydrogens is 280 g/mol. The molecule has 0 bridgehead atoms.